The summed E-state index contributed by atoms with van der Waals surface area (Å²) in [4.78, 5) is -0.265. The Morgan fingerprint density at radius 3 is 2.47 bits per heavy atom. The number of rotatable bonds is 3. The Kier molecular flexibility index (Phi) is 4.30. The van der Waals surface area contributed by atoms with Gasteiger partial charge in [0, 0.05) is 4.83 Å². The summed E-state index contributed by atoms with van der Waals surface area (Å²) in [5.41, 5.74) is 1.52. The number of hydrogen-bond donors (Lipinski definition) is 0. The van der Waals surface area contributed by atoms with E-state index in [-0.39, 0.29) is 22.6 Å². The van der Waals surface area contributed by atoms with E-state index < -0.39 is 11.6 Å². The average molecular weight is 329 g/mol. The van der Waals surface area contributed by atoms with E-state index in [9.17, 15) is 13.2 Å². The third-order valence-electron chi connectivity index (χ3n) is 2.99. The molecular formula is C15H12BrF3. The van der Waals surface area contributed by atoms with Gasteiger partial charge in [-0.3, -0.25) is 0 Å². The first-order valence-electron chi connectivity index (χ1n) is 5.82. The van der Waals surface area contributed by atoms with Crippen molar-refractivity contribution >= 4 is 15.9 Å². The van der Waals surface area contributed by atoms with Gasteiger partial charge >= 0.3 is 0 Å². The zero-order valence-corrected chi connectivity index (χ0v) is 11.8. The summed E-state index contributed by atoms with van der Waals surface area (Å²) in [5.74, 6) is -2.02. The molecule has 0 bridgehead atoms. The second kappa shape index (κ2) is 5.78. The molecule has 0 radical (unpaired) electrons. The van der Waals surface area contributed by atoms with Crippen LogP contribution in [0.5, 0.6) is 0 Å². The molecule has 100 valence electrons. The summed E-state index contributed by atoms with van der Waals surface area (Å²) in [6, 6.07) is 8.91. The van der Waals surface area contributed by atoms with Crippen molar-refractivity contribution in [2.75, 3.05) is 0 Å². The Bertz CT molecular complexity index is 596. The second-order valence-corrected chi connectivity index (χ2v) is 5.50. The van der Waals surface area contributed by atoms with Crippen LogP contribution in [0.1, 0.15) is 21.5 Å². The van der Waals surface area contributed by atoms with Crippen molar-refractivity contribution in [3.8, 4) is 0 Å². The molecule has 0 fully saturated rings. The lowest BCUT2D eigenvalue weighted by Crippen LogP contribution is -2.00. The first-order valence-corrected chi connectivity index (χ1v) is 6.73. The van der Waals surface area contributed by atoms with Gasteiger partial charge in [0.25, 0.3) is 0 Å². The number of alkyl halides is 1. The fraction of sp³-hybridized carbons (Fsp3) is 0.200. The molecule has 0 N–H and O–H groups in total. The lowest BCUT2D eigenvalue weighted by Gasteiger charge is -2.12. The standard InChI is InChI=1S/C15H12BrF3/c1-9-5-6-10(8-14(9)18)12(16)7-11-3-2-4-13(17)15(11)19/h2-6,8,12H,7H2,1H3. The first kappa shape index (κ1) is 14.1. The van der Waals surface area contributed by atoms with Crippen LogP contribution >= 0.6 is 15.9 Å². The molecule has 0 nitrogen and oxygen atoms in total. The van der Waals surface area contributed by atoms with E-state index >= 15 is 0 Å². The molecule has 0 saturated heterocycles. The topological polar surface area (TPSA) is 0 Å². The van der Waals surface area contributed by atoms with Gasteiger partial charge in [0.05, 0.1) is 0 Å². The van der Waals surface area contributed by atoms with Crippen molar-refractivity contribution in [2.24, 2.45) is 0 Å². The Balaban J connectivity index is 2.23. The van der Waals surface area contributed by atoms with E-state index in [1.807, 2.05) is 0 Å². The predicted octanol–water partition coefficient (Wildman–Crippen LogP) is 5.09. The molecule has 2 aromatic rings. The van der Waals surface area contributed by atoms with Gasteiger partial charge in [0.15, 0.2) is 11.6 Å². The van der Waals surface area contributed by atoms with Crippen LogP contribution in [0.4, 0.5) is 13.2 Å². The van der Waals surface area contributed by atoms with Crippen molar-refractivity contribution in [1.29, 1.82) is 0 Å². The molecule has 1 unspecified atom stereocenters. The molecule has 0 aliphatic heterocycles. The summed E-state index contributed by atoms with van der Waals surface area (Å²) in [6.07, 6.45) is 0.256. The van der Waals surface area contributed by atoms with Gasteiger partial charge in [0.1, 0.15) is 5.82 Å². The molecule has 0 aromatic heterocycles. The normalized spacial score (nSPS) is 12.5. The predicted molar refractivity (Wildman–Crippen MR) is 72.9 cm³/mol. The third kappa shape index (κ3) is 3.18. The van der Waals surface area contributed by atoms with Gasteiger partial charge in [-0.05, 0) is 42.2 Å². The molecule has 0 saturated carbocycles. The summed E-state index contributed by atoms with van der Waals surface area (Å²) in [7, 11) is 0. The quantitative estimate of drug-likeness (QED) is 0.688. The third-order valence-corrected chi connectivity index (χ3v) is 3.84. The minimum atomic E-state index is -0.868. The lowest BCUT2D eigenvalue weighted by atomic mass is 10.0. The highest BCUT2D eigenvalue weighted by Gasteiger charge is 2.14. The van der Waals surface area contributed by atoms with E-state index in [2.05, 4.69) is 15.9 Å². The van der Waals surface area contributed by atoms with Gasteiger partial charge in [-0.15, -0.1) is 0 Å². The molecule has 0 spiro atoms. The van der Waals surface area contributed by atoms with E-state index in [1.165, 1.54) is 18.2 Å². The maximum absolute atomic E-state index is 13.6. The number of aryl methyl sites for hydroxylation is 1. The minimum absolute atomic E-state index is 0.256. The van der Waals surface area contributed by atoms with Crippen molar-refractivity contribution in [2.45, 2.75) is 18.2 Å². The van der Waals surface area contributed by atoms with E-state index in [0.717, 1.165) is 6.07 Å². The van der Waals surface area contributed by atoms with E-state index in [4.69, 9.17) is 0 Å². The molecule has 19 heavy (non-hydrogen) atoms. The van der Waals surface area contributed by atoms with Crippen molar-refractivity contribution in [1.82, 2.24) is 0 Å². The van der Waals surface area contributed by atoms with Gasteiger partial charge in [-0.2, -0.15) is 0 Å². The number of hydrogen-bond acceptors (Lipinski definition) is 0. The van der Waals surface area contributed by atoms with Crippen LogP contribution in [-0.2, 0) is 6.42 Å². The van der Waals surface area contributed by atoms with Gasteiger partial charge < -0.3 is 0 Å². The monoisotopic (exact) mass is 328 g/mol. The van der Waals surface area contributed by atoms with Crippen molar-refractivity contribution in [3.05, 3.63) is 70.5 Å². The fourth-order valence-corrected chi connectivity index (χ4v) is 2.45. The van der Waals surface area contributed by atoms with Crippen LogP contribution < -0.4 is 0 Å². The maximum atomic E-state index is 13.6. The Morgan fingerprint density at radius 1 is 1.05 bits per heavy atom. The summed E-state index contributed by atoms with van der Waals surface area (Å²) < 4.78 is 40.1. The first-order chi connectivity index (χ1) is 8.99. The largest absolute Gasteiger partial charge is 0.207 e. The highest BCUT2D eigenvalue weighted by atomic mass is 79.9. The SMILES string of the molecule is Cc1ccc(C(Br)Cc2cccc(F)c2F)cc1F. The molecule has 1 atom stereocenters. The molecular weight excluding hydrogens is 317 g/mol. The van der Waals surface area contributed by atoms with E-state index in [0.29, 0.717) is 11.1 Å². The maximum Gasteiger partial charge on any atom is 0.162 e. The zero-order valence-electron chi connectivity index (χ0n) is 10.3. The van der Waals surface area contributed by atoms with E-state index in [1.54, 1.807) is 19.1 Å². The molecule has 2 rings (SSSR count). The van der Waals surface area contributed by atoms with Crippen LogP contribution in [0, 0.1) is 24.4 Å². The summed E-state index contributed by atoms with van der Waals surface area (Å²) >= 11 is 3.38. The van der Waals surface area contributed by atoms with Crippen LogP contribution in [0.15, 0.2) is 36.4 Å². The van der Waals surface area contributed by atoms with Crippen molar-refractivity contribution < 1.29 is 13.2 Å². The van der Waals surface area contributed by atoms with Crippen LogP contribution in [-0.4, -0.2) is 0 Å². The molecule has 0 aliphatic rings. The smallest absolute Gasteiger partial charge is 0.162 e. The second-order valence-electron chi connectivity index (χ2n) is 4.39. The highest BCUT2D eigenvalue weighted by Crippen LogP contribution is 2.29. The minimum Gasteiger partial charge on any atom is -0.207 e. The lowest BCUT2D eigenvalue weighted by molar-refractivity contribution is 0.498. The van der Waals surface area contributed by atoms with Gasteiger partial charge in [-0.25, -0.2) is 13.2 Å². The molecule has 0 aliphatic carbocycles. The molecule has 2 aromatic carbocycles. The highest BCUT2D eigenvalue weighted by molar-refractivity contribution is 9.09. The number of halogens is 4. The van der Waals surface area contributed by atoms with Crippen LogP contribution in [0.25, 0.3) is 0 Å². The summed E-state index contributed by atoms with van der Waals surface area (Å²) in [5, 5.41) is 0. The Labute approximate surface area is 118 Å². The fourth-order valence-electron chi connectivity index (χ4n) is 1.82. The average Bonchev–Trinajstić information content (AvgIpc) is 2.38. The van der Waals surface area contributed by atoms with Gasteiger partial charge in [0.2, 0.25) is 0 Å². The van der Waals surface area contributed by atoms with Crippen LogP contribution in [0.3, 0.4) is 0 Å². The molecule has 4 heteroatoms. The zero-order chi connectivity index (χ0) is 14.0. The Hall–Kier alpha value is -1.29. The number of benzene rings is 2. The van der Waals surface area contributed by atoms with Crippen molar-refractivity contribution in [3.63, 3.8) is 0 Å². The summed E-state index contributed by atoms with van der Waals surface area (Å²) in [6.45, 7) is 1.68. The van der Waals surface area contributed by atoms with Gasteiger partial charge in [-0.1, -0.05) is 40.2 Å². The molecule has 0 amide bonds. The Morgan fingerprint density at radius 2 is 1.79 bits per heavy atom. The van der Waals surface area contributed by atoms with Crippen LogP contribution in [0.2, 0.25) is 0 Å². The molecule has 0 heterocycles.